The lowest BCUT2D eigenvalue weighted by Gasteiger charge is -2.16. The summed E-state index contributed by atoms with van der Waals surface area (Å²) in [5, 5.41) is 2.97. The lowest BCUT2D eigenvalue weighted by atomic mass is 10.1. The first kappa shape index (κ1) is 21.4. The number of anilines is 1. The Morgan fingerprint density at radius 2 is 1.87 bits per heavy atom. The molecule has 0 atom stereocenters. The standard InChI is InChI=1S/C23H22N2O4S2/c1-13-8-14(2)21(15(3)9-13)24-20(26)6-7-25-22(27)19(31-23(25)30)11-16-4-5-17-18(10-16)29-12-28-17/h4-5,8-11H,6-7,12H2,1-3H3,(H,24,26). The van der Waals surface area contributed by atoms with E-state index in [-0.39, 0.29) is 31.6 Å². The zero-order valence-electron chi connectivity index (χ0n) is 17.5. The highest BCUT2D eigenvalue weighted by molar-refractivity contribution is 8.26. The van der Waals surface area contributed by atoms with Crippen LogP contribution in [0.5, 0.6) is 11.5 Å². The number of hydrogen-bond acceptors (Lipinski definition) is 6. The normalized spacial score (nSPS) is 16.4. The van der Waals surface area contributed by atoms with Gasteiger partial charge in [-0.1, -0.05) is 47.7 Å². The van der Waals surface area contributed by atoms with Gasteiger partial charge >= 0.3 is 0 Å². The average Bonchev–Trinajstić information content (AvgIpc) is 3.27. The summed E-state index contributed by atoms with van der Waals surface area (Å²) in [5.74, 6) is 1.00. The smallest absolute Gasteiger partial charge is 0.266 e. The zero-order chi connectivity index (χ0) is 22.1. The predicted octanol–water partition coefficient (Wildman–Crippen LogP) is 4.57. The van der Waals surface area contributed by atoms with Gasteiger partial charge in [-0.2, -0.15) is 0 Å². The van der Waals surface area contributed by atoms with Crippen molar-refractivity contribution in [3.05, 3.63) is 57.5 Å². The van der Waals surface area contributed by atoms with Crippen LogP contribution >= 0.6 is 24.0 Å². The van der Waals surface area contributed by atoms with Gasteiger partial charge < -0.3 is 14.8 Å². The minimum absolute atomic E-state index is 0.149. The molecule has 1 saturated heterocycles. The summed E-state index contributed by atoms with van der Waals surface area (Å²) in [4.78, 5) is 27.3. The minimum Gasteiger partial charge on any atom is -0.454 e. The number of carbonyl (C=O) groups excluding carboxylic acids is 2. The van der Waals surface area contributed by atoms with E-state index in [2.05, 4.69) is 5.32 Å². The molecule has 2 amide bonds. The molecule has 0 aromatic heterocycles. The van der Waals surface area contributed by atoms with Crippen molar-refractivity contribution in [2.45, 2.75) is 27.2 Å². The number of carbonyl (C=O) groups is 2. The van der Waals surface area contributed by atoms with Gasteiger partial charge in [0.15, 0.2) is 11.5 Å². The van der Waals surface area contributed by atoms with E-state index >= 15 is 0 Å². The molecule has 2 aromatic rings. The summed E-state index contributed by atoms with van der Waals surface area (Å²) in [6.45, 7) is 6.40. The van der Waals surface area contributed by atoms with Crippen LogP contribution in [-0.4, -0.2) is 34.4 Å². The molecule has 4 rings (SSSR count). The molecule has 8 heteroatoms. The van der Waals surface area contributed by atoms with Crippen molar-refractivity contribution in [1.82, 2.24) is 4.90 Å². The Morgan fingerprint density at radius 3 is 2.61 bits per heavy atom. The van der Waals surface area contributed by atoms with Crippen LogP contribution in [0.25, 0.3) is 6.08 Å². The number of ether oxygens (including phenoxy) is 2. The maximum Gasteiger partial charge on any atom is 0.266 e. The number of aryl methyl sites for hydroxylation is 3. The van der Waals surface area contributed by atoms with Gasteiger partial charge in [-0.05, 0) is 55.7 Å². The van der Waals surface area contributed by atoms with Crippen molar-refractivity contribution < 1.29 is 19.1 Å². The predicted molar refractivity (Wildman–Crippen MR) is 126 cm³/mol. The second-order valence-electron chi connectivity index (χ2n) is 7.52. The molecule has 2 aliphatic rings. The van der Waals surface area contributed by atoms with E-state index in [9.17, 15) is 9.59 Å². The van der Waals surface area contributed by atoms with E-state index in [0.29, 0.717) is 20.7 Å². The molecule has 2 heterocycles. The van der Waals surface area contributed by atoms with E-state index < -0.39 is 0 Å². The van der Waals surface area contributed by atoms with Crippen LogP contribution in [0.4, 0.5) is 5.69 Å². The molecule has 0 aliphatic carbocycles. The number of rotatable bonds is 5. The number of thiocarbonyl (C=S) groups is 1. The fraction of sp³-hybridized carbons (Fsp3) is 0.261. The van der Waals surface area contributed by atoms with Crippen LogP contribution in [0.15, 0.2) is 35.2 Å². The Kier molecular flexibility index (Phi) is 6.02. The van der Waals surface area contributed by atoms with E-state index in [1.54, 1.807) is 6.08 Å². The Labute approximate surface area is 190 Å². The molecule has 0 unspecified atom stereocenters. The van der Waals surface area contributed by atoms with Crippen LogP contribution < -0.4 is 14.8 Å². The average molecular weight is 455 g/mol. The van der Waals surface area contributed by atoms with Crippen molar-refractivity contribution in [3.63, 3.8) is 0 Å². The molecule has 1 N–H and O–H groups in total. The first-order chi connectivity index (χ1) is 14.8. The topological polar surface area (TPSA) is 67.9 Å². The van der Waals surface area contributed by atoms with Gasteiger partial charge in [0, 0.05) is 18.7 Å². The van der Waals surface area contributed by atoms with Crippen LogP contribution in [-0.2, 0) is 9.59 Å². The Balaban J connectivity index is 1.40. The second-order valence-corrected chi connectivity index (χ2v) is 9.19. The van der Waals surface area contributed by atoms with Crippen molar-refractivity contribution in [2.24, 2.45) is 0 Å². The summed E-state index contributed by atoms with van der Waals surface area (Å²) in [6.07, 6.45) is 1.94. The monoisotopic (exact) mass is 454 g/mol. The molecular weight excluding hydrogens is 432 g/mol. The number of nitrogens with one attached hydrogen (secondary N) is 1. The molecule has 0 bridgehead atoms. The third kappa shape index (κ3) is 4.60. The summed E-state index contributed by atoms with van der Waals surface area (Å²) >= 11 is 6.62. The fourth-order valence-corrected chi connectivity index (χ4v) is 4.95. The van der Waals surface area contributed by atoms with Crippen LogP contribution in [0.2, 0.25) is 0 Å². The van der Waals surface area contributed by atoms with Gasteiger partial charge in [0.1, 0.15) is 4.32 Å². The summed E-state index contributed by atoms with van der Waals surface area (Å²) in [6, 6.07) is 9.57. The molecule has 0 radical (unpaired) electrons. The quantitative estimate of drug-likeness (QED) is 0.527. The van der Waals surface area contributed by atoms with Crippen LogP contribution in [0.1, 0.15) is 28.7 Å². The highest BCUT2D eigenvalue weighted by Gasteiger charge is 2.32. The third-order valence-electron chi connectivity index (χ3n) is 5.07. The van der Waals surface area contributed by atoms with Gasteiger partial charge in [-0.15, -0.1) is 0 Å². The fourth-order valence-electron chi connectivity index (χ4n) is 3.64. The maximum atomic E-state index is 12.8. The Morgan fingerprint density at radius 1 is 1.16 bits per heavy atom. The van der Waals surface area contributed by atoms with Crippen molar-refractivity contribution in [2.75, 3.05) is 18.7 Å². The summed E-state index contributed by atoms with van der Waals surface area (Å²) in [5.41, 5.74) is 4.84. The summed E-state index contributed by atoms with van der Waals surface area (Å²) < 4.78 is 11.2. The Bertz CT molecular complexity index is 1100. The minimum atomic E-state index is -0.192. The number of hydrogen-bond donors (Lipinski definition) is 1. The van der Waals surface area contributed by atoms with Gasteiger partial charge in [0.2, 0.25) is 12.7 Å². The number of amides is 2. The first-order valence-corrected chi connectivity index (χ1v) is 11.1. The molecule has 0 saturated carbocycles. The van der Waals surface area contributed by atoms with Crippen molar-refractivity contribution in [1.29, 1.82) is 0 Å². The van der Waals surface area contributed by atoms with E-state index in [0.717, 1.165) is 27.9 Å². The molecule has 160 valence electrons. The van der Waals surface area contributed by atoms with Gasteiger partial charge in [-0.3, -0.25) is 14.5 Å². The molecule has 31 heavy (non-hydrogen) atoms. The largest absolute Gasteiger partial charge is 0.454 e. The molecule has 6 nitrogen and oxygen atoms in total. The third-order valence-corrected chi connectivity index (χ3v) is 6.45. The summed E-state index contributed by atoms with van der Waals surface area (Å²) in [7, 11) is 0. The number of fused-ring (bicyclic) bond motifs is 1. The van der Waals surface area contributed by atoms with E-state index in [1.807, 2.05) is 51.1 Å². The van der Waals surface area contributed by atoms with E-state index in [1.165, 1.54) is 16.7 Å². The molecule has 1 fully saturated rings. The second kappa shape index (κ2) is 8.72. The van der Waals surface area contributed by atoms with Crippen molar-refractivity contribution >= 4 is 51.9 Å². The lowest BCUT2D eigenvalue weighted by molar-refractivity contribution is -0.122. The molecule has 2 aliphatic heterocycles. The lowest BCUT2D eigenvalue weighted by Crippen LogP contribution is -2.31. The first-order valence-electron chi connectivity index (χ1n) is 9.84. The zero-order valence-corrected chi connectivity index (χ0v) is 19.1. The SMILES string of the molecule is Cc1cc(C)c(NC(=O)CCN2C(=O)C(=Cc3ccc4c(c3)OCO4)SC2=S)c(C)c1. The highest BCUT2D eigenvalue weighted by Crippen LogP contribution is 2.36. The van der Waals surface area contributed by atoms with Gasteiger partial charge in [0.25, 0.3) is 5.91 Å². The number of benzene rings is 2. The molecule has 0 spiro atoms. The van der Waals surface area contributed by atoms with Gasteiger partial charge in [0.05, 0.1) is 4.91 Å². The van der Waals surface area contributed by atoms with E-state index in [4.69, 9.17) is 21.7 Å². The maximum absolute atomic E-state index is 12.8. The van der Waals surface area contributed by atoms with Crippen LogP contribution in [0.3, 0.4) is 0 Å². The van der Waals surface area contributed by atoms with Gasteiger partial charge in [-0.25, -0.2) is 0 Å². The number of thioether (sulfide) groups is 1. The number of nitrogens with zero attached hydrogens (tertiary/aromatic N) is 1. The highest BCUT2D eigenvalue weighted by atomic mass is 32.2. The van der Waals surface area contributed by atoms with Crippen molar-refractivity contribution in [3.8, 4) is 11.5 Å². The Hall–Kier alpha value is -2.84. The molecule has 2 aromatic carbocycles. The molecular formula is C23H22N2O4S2. The van der Waals surface area contributed by atoms with Crippen LogP contribution in [0, 0.1) is 20.8 Å².